The van der Waals surface area contributed by atoms with Crippen molar-refractivity contribution in [3.05, 3.63) is 222 Å². The molecule has 6 aliphatic rings. The number of ether oxygens (including phenoxy) is 6. The van der Waals surface area contributed by atoms with Crippen LogP contribution in [0.25, 0.3) is 0 Å². The molecule has 0 bridgehead atoms. The number of hydrogen-bond donors (Lipinski definition) is 1. The highest BCUT2D eigenvalue weighted by Crippen LogP contribution is 2.59. The van der Waals surface area contributed by atoms with Crippen LogP contribution in [0.5, 0.6) is 17.2 Å². The summed E-state index contributed by atoms with van der Waals surface area (Å²) in [5.41, 5.74) is 1.64. The Kier molecular flexibility index (Phi) is 42.1. The number of hydrogen-bond acceptors (Lipinski definition) is 25. The van der Waals surface area contributed by atoms with Crippen LogP contribution >= 0.6 is 89.6 Å². The summed E-state index contributed by atoms with van der Waals surface area (Å²) in [5, 5.41) is 1.76. The van der Waals surface area contributed by atoms with E-state index in [0.29, 0.717) is 124 Å². The van der Waals surface area contributed by atoms with E-state index < -0.39 is 125 Å². The fourth-order valence-electron chi connectivity index (χ4n) is 17.5. The molecule has 0 N–H and O–H groups in total. The normalized spacial score (nSPS) is 21.7. The number of fused-ring (bicyclic) bond motifs is 9. The average molecular weight is 2040 g/mol. The number of thiol groups is 1. The Morgan fingerprint density at radius 2 is 0.754 bits per heavy atom. The van der Waals surface area contributed by atoms with Gasteiger partial charge in [-0.15, -0.1) is 11.8 Å². The second-order valence-corrected chi connectivity index (χ2v) is 47.6. The molecule has 7 aromatic rings. The molecular formula is C90H117Cl3F6O23P4S4. The molecule has 722 valence electrons. The SMILES string of the molecule is CCOP(=O)(CS(=O)(=O)CC[C@@H]1OCC[C@@]2(Cc3ccc(Cl)cc3)c3c(F)ccc(F)c3OC[C@@H]12)OCC.CCOP(=O)(CS)OCC.CCOP(=O)(CSCC[C@@H]1OCC[C@@]2(Cc3ccc(Cl)cc3)c3c(F)ccc(F)c3OC[C@@H]12)OCC.CCOP(C)(=O)OCC.Cc1ccc(S(=O)(=O)OCC[C@@H]2OCC[C@@]3(Cc4ccc(Cl)cc4)c4c(F)ccc(F)c4OC[C@@H]23)cc1. The lowest BCUT2D eigenvalue weighted by Gasteiger charge is -2.51. The smallest absolute Gasteiger partial charge is 0.345 e. The molecule has 0 aromatic heterocycles. The lowest BCUT2D eigenvalue weighted by Crippen LogP contribution is -2.55. The van der Waals surface area contributed by atoms with Crippen LogP contribution in [0.4, 0.5) is 26.3 Å². The molecule has 6 aliphatic heterocycles. The first kappa shape index (κ1) is 109. The zero-order chi connectivity index (χ0) is 94.9. The maximum Gasteiger partial charge on any atom is 0.345 e. The lowest BCUT2D eigenvalue weighted by molar-refractivity contribution is -0.102. The number of halogens is 9. The van der Waals surface area contributed by atoms with Crippen molar-refractivity contribution in [3.63, 3.8) is 0 Å². The monoisotopic (exact) mass is 2040 g/mol. The van der Waals surface area contributed by atoms with Crippen molar-refractivity contribution in [3.8, 4) is 17.2 Å². The van der Waals surface area contributed by atoms with Gasteiger partial charge in [-0.1, -0.05) is 88.9 Å². The maximum absolute atomic E-state index is 15.4. The van der Waals surface area contributed by atoms with E-state index in [-0.39, 0.29) is 127 Å². The van der Waals surface area contributed by atoms with Crippen LogP contribution in [-0.2, 0) is 128 Å². The molecule has 6 heterocycles. The fourth-order valence-corrected chi connectivity index (χ4v) is 29.1. The van der Waals surface area contributed by atoms with Crippen molar-refractivity contribution >= 4 is 110 Å². The predicted octanol–water partition coefficient (Wildman–Crippen LogP) is 23.2. The van der Waals surface area contributed by atoms with Gasteiger partial charge in [0.2, 0.25) is 0 Å². The largest absolute Gasteiger partial charge is 0.490 e. The van der Waals surface area contributed by atoms with Gasteiger partial charge in [-0.05, 0) is 227 Å². The Morgan fingerprint density at radius 3 is 1.10 bits per heavy atom. The summed E-state index contributed by atoms with van der Waals surface area (Å²) >= 11 is 23.6. The van der Waals surface area contributed by atoms with E-state index in [1.807, 2.05) is 55.5 Å². The van der Waals surface area contributed by atoms with Crippen LogP contribution < -0.4 is 14.2 Å². The second-order valence-electron chi connectivity index (χ2n) is 31.5. The van der Waals surface area contributed by atoms with E-state index in [9.17, 15) is 48.3 Å². The van der Waals surface area contributed by atoms with Crippen molar-refractivity contribution < 1.29 is 130 Å². The molecule has 40 heteroatoms. The summed E-state index contributed by atoms with van der Waals surface area (Å²) < 4.78 is 271. The Bertz CT molecular complexity index is 5230. The summed E-state index contributed by atoms with van der Waals surface area (Å²) in [7, 11) is -20.3. The van der Waals surface area contributed by atoms with Gasteiger partial charge in [-0.2, -0.15) is 21.0 Å². The third-order valence-electron chi connectivity index (χ3n) is 23.0. The van der Waals surface area contributed by atoms with Gasteiger partial charge in [0.1, 0.15) is 17.5 Å². The highest BCUT2D eigenvalue weighted by atomic mass is 35.5. The maximum atomic E-state index is 15.4. The number of aryl methyl sites for hydroxylation is 1. The van der Waals surface area contributed by atoms with Gasteiger partial charge in [-0.25, -0.2) is 34.8 Å². The molecule has 23 nitrogen and oxygen atoms in total. The van der Waals surface area contributed by atoms with E-state index in [4.69, 9.17) is 104 Å². The standard InChI is InChI=1S/C28H27ClF2O5S.C26H32ClF2O7PS.C26H32ClF2O5PS.C5H13O3PS.C5H13O3P/c1-18-2-8-21(9-3-18)37(32,33)36-14-12-25-22-17-35-27-24(31)11-10-23(30)26(27)28(22,13-15-34-25)16-19-4-6-20(29)7-5-19;1-3-35-37(30,36-4-2)17-38(31,32)14-11-23-20-16-34-25-22(29)10-9-21(28)24(25)26(20,12-13-33-23)15-18-5-7-19(27)8-6-18;1-3-33-35(30,34-4-2)17-36-14-11-23-20-16-32-25-22(29)10-9-21(28)24(25)26(20,12-13-31-23)15-18-5-7-19(27)8-6-18;1-3-7-9(6,5-10)8-4-2;1-4-7-9(3,6)8-5-2/h2-11,22,25H,12-17H2,1H3;5-10,20,23H,3-4,11-17H2,1-2H3;5-10,20,23H,3-4,11-17H2,1-2H3;10H,3-5H2,1-2H3;4-5H2,1-3H3/t22-,25-,28-;2*20-,23-,26-;;/m000../s1. The Hall–Kier alpha value is -4.57. The first-order valence-electron chi connectivity index (χ1n) is 43.1. The molecule has 0 aliphatic carbocycles. The highest BCUT2D eigenvalue weighted by Gasteiger charge is 2.57. The van der Waals surface area contributed by atoms with Crippen molar-refractivity contribution in [1.29, 1.82) is 0 Å². The van der Waals surface area contributed by atoms with Crippen LogP contribution in [-0.4, -0.2) is 169 Å². The molecule has 0 amide bonds. The second kappa shape index (κ2) is 50.1. The summed E-state index contributed by atoms with van der Waals surface area (Å²) in [6, 6.07) is 35.0. The third-order valence-corrected chi connectivity index (χ3v) is 38.0. The van der Waals surface area contributed by atoms with Gasteiger partial charge >= 0.3 is 30.4 Å². The molecule has 0 radical (unpaired) electrons. The minimum Gasteiger partial charge on any atom is -0.490 e. The van der Waals surface area contributed by atoms with Crippen LogP contribution in [0.15, 0.2) is 138 Å². The van der Waals surface area contributed by atoms with E-state index >= 15 is 13.2 Å². The molecule has 13 rings (SSSR count). The van der Waals surface area contributed by atoms with E-state index in [1.54, 1.807) is 91.8 Å². The summed E-state index contributed by atoms with van der Waals surface area (Å²) in [4.78, 5) is 0.0761. The minimum absolute atomic E-state index is 0.00426. The summed E-state index contributed by atoms with van der Waals surface area (Å²) in [6.07, 6.45) is 2.31. The number of thioether (sulfide) groups is 1. The van der Waals surface area contributed by atoms with Gasteiger partial charge in [-0.3, -0.25) is 22.4 Å². The van der Waals surface area contributed by atoms with Crippen LogP contribution in [0.1, 0.15) is 133 Å². The molecule has 7 aromatic carbocycles. The number of sulfone groups is 1. The minimum atomic E-state index is -3.94. The van der Waals surface area contributed by atoms with Gasteiger partial charge < -0.3 is 64.6 Å². The van der Waals surface area contributed by atoms with E-state index in [0.717, 1.165) is 52.6 Å². The van der Waals surface area contributed by atoms with Crippen molar-refractivity contribution in [1.82, 2.24) is 0 Å². The Morgan fingerprint density at radius 1 is 0.431 bits per heavy atom. The molecule has 0 spiro atoms. The van der Waals surface area contributed by atoms with Crippen LogP contribution in [0.2, 0.25) is 15.1 Å². The van der Waals surface area contributed by atoms with Crippen molar-refractivity contribution in [2.45, 2.75) is 160 Å². The van der Waals surface area contributed by atoms with Gasteiger partial charge in [0.05, 0.1) is 119 Å². The molecule has 0 unspecified atom stereocenters. The van der Waals surface area contributed by atoms with Crippen molar-refractivity contribution in [2.75, 3.05) is 134 Å². The lowest BCUT2D eigenvalue weighted by atomic mass is 9.60. The fraction of sp³-hybridized carbons (Fsp3) is 0.533. The van der Waals surface area contributed by atoms with Gasteiger partial charge in [0.15, 0.2) is 50.0 Å². The average Bonchev–Trinajstić information content (AvgIpc) is 0.730. The molecule has 130 heavy (non-hydrogen) atoms. The van der Waals surface area contributed by atoms with Crippen LogP contribution in [0, 0.1) is 59.6 Å². The summed E-state index contributed by atoms with van der Waals surface area (Å²) in [5.74, 6) is -4.25. The van der Waals surface area contributed by atoms with Gasteiger partial charge in [0.25, 0.3) is 10.1 Å². The zero-order valence-corrected chi connectivity index (χ0v) is 83.6. The number of benzene rings is 7. The summed E-state index contributed by atoms with van der Waals surface area (Å²) in [6.45, 7) is 20.9. The van der Waals surface area contributed by atoms with Crippen LogP contribution in [0.3, 0.4) is 0 Å². The van der Waals surface area contributed by atoms with E-state index in [2.05, 4.69) is 12.6 Å². The first-order valence-corrected chi connectivity index (χ1v) is 56.4. The topological polar surface area (TPSA) is 275 Å². The predicted molar refractivity (Wildman–Crippen MR) is 497 cm³/mol. The Balaban J connectivity index is 0.000000199. The molecule has 0 saturated carbocycles. The quantitative estimate of drug-likeness (QED) is 0.0124. The zero-order valence-electron chi connectivity index (χ0n) is 74.4. The third kappa shape index (κ3) is 28.8. The van der Waals surface area contributed by atoms with E-state index in [1.165, 1.54) is 36.6 Å². The number of rotatable bonds is 38. The molecular weight excluding hydrogens is 1920 g/mol. The molecule has 3 fully saturated rings. The molecule has 3 saturated heterocycles. The van der Waals surface area contributed by atoms with Crippen molar-refractivity contribution in [2.24, 2.45) is 17.8 Å². The Labute approximate surface area is 784 Å². The molecule has 9 atom stereocenters. The van der Waals surface area contributed by atoms with Gasteiger partial charge in [0, 0.05) is 92.2 Å². The highest BCUT2D eigenvalue weighted by molar-refractivity contribution is 8.04. The first-order chi connectivity index (χ1) is 61.8.